The molecule has 1 amide bonds. The topological polar surface area (TPSA) is 63.2 Å². The molecule has 9 heteroatoms. The molecule has 1 heterocycles. The van der Waals surface area contributed by atoms with E-state index in [1.807, 2.05) is 6.92 Å². The Morgan fingerprint density at radius 1 is 1.22 bits per heavy atom. The van der Waals surface area contributed by atoms with E-state index >= 15 is 0 Å². The predicted molar refractivity (Wildman–Crippen MR) is 74.9 cm³/mol. The van der Waals surface area contributed by atoms with Crippen LogP contribution in [0.15, 0.2) is 24.3 Å². The molecule has 0 spiro atoms. The van der Waals surface area contributed by atoms with E-state index in [1.165, 1.54) is 0 Å². The lowest BCUT2D eigenvalue weighted by atomic mass is 10.1. The molecule has 2 rings (SSSR count). The van der Waals surface area contributed by atoms with Gasteiger partial charge in [0.1, 0.15) is 5.52 Å². The minimum Gasteiger partial charge on any atom is -0.342 e. The van der Waals surface area contributed by atoms with Gasteiger partial charge in [-0.3, -0.25) is 4.79 Å². The molecule has 1 aromatic rings. The van der Waals surface area contributed by atoms with Gasteiger partial charge in [-0.1, -0.05) is 17.7 Å². The van der Waals surface area contributed by atoms with E-state index in [4.69, 9.17) is 15.1 Å². The SMILES string of the molecule is [B]P1(=O)[B]P([B])(=O)C1NC(=O)c1ccc(C)cc1. The number of hydrogen-bond donors (Lipinski definition) is 1. The van der Waals surface area contributed by atoms with Gasteiger partial charge in [-0.25, -0.2) is 0 Å². The normalized spacial score (nSPS) is 34.2. The number of carbonyl (C=O) groups excluding carboxylic acids is 1. The van der Waals surface area contributed by atoms with Gasteiger partial charge in [0, 0.05) is 19.4 Å². The highest BCUT2D eigenvalue weighted by Gasteiger charge is 2.53. The second-order valence-corrected chi connectivity index (χ2v) is 9.77. The highest BCUT2D eigenvalue weighted by atomic mass is 31.3. The first kappa shape index (κ1) is 13.8. The summed E-state index contributed by atoms with van der Waals surface area (Å²) in [7, 11) is 10.8. The minimum absolute atomic E-state index is 0.382. The van der Waals surface area contributed by atoms with Crippen molar-refractivity contribution in [2.45, 2.75) is 12.4 Å². The second kappa shape index (κ2) is 4.47. The second-order valence-electron chi connectivity index (χ2n) is 4.36. The number of aryl methyl sites for hydroxylation is 1. The summed E-state index contributed by atoms with van der Waals surface area (Å²) in [5.74, 6) is -0.482. The summed E-state index contributed by atoms with van der Waals surface area (Å²) < 4.78 is 23.4. The van der Waals surface area contributed by atoms with Crippen LogP contribution in [0.2, 0.25) is 0 Å². The van der Waals surface area contributed by atoms with E-state index < -0.39 is 25.2 Å². The third-order valence-electron chi connectivity index (χ3n) is 2.70. The Hall–Kier alpha value is -0.655. The minimum atomic E-state index is -3.23. The molecule has 1 N–H and O–H groups in total. The average Bonchev–Trinajstić information content (AvgIpc) is 2.25. The van der Waals surface area contributed by atoms with Gasteiger partial charge in [0.05, 0.1) is 0 Å². The number of carbonyl (C=O) groups is 1. The van der Waals surface area contributed by atoms with Crippen LogP contribution in [0.25, 0.3) is 0 Å². The molecule has 1 fully saturated rings. The monoisotopic (exact) mass is 274 g/mol. The molecule has 1 aromatic carbocycles. The first-order valence-electron chi connectivity index (χ1n) is 5.23. The van der Waals surface area contributed by atoms with Gasteiger partial charge in [-0.05, 0) is 19.1 Å². The van der Waals surface area contributed by atoms with Crippen molar-refractivity contribution in [3.05, 3.63) is 35.4 Å². The van der Waals surface area contributed by atoms with Gasteiger partial charge in [0.15, 0.2) is 15.1 Å². The summed E-state index contributed by atoms with van der Waals surface area (Å²) in [5.41, 5.74) is 0.254. The fraction of sp³-hybridized carbons (Fsp3) is 0.222. The zero-order valence-corrected chi connectivity index (χ0v) is 11.5. The van der Waals surface area contributed by atoms with Crippen LogP contribution in [-0.2, 0) is 9.13 Å². The maximum Gasteiger partial charge on any atom is 0.261 e. The lowest BCUT2D eigenvalue weighted by Crippen LogP contribution is -2.43. The molecule has 5 radical (unpaired) electrons. The first-order valence-corrected chi connectivity index (χ1v) is 9.06. The largest absolute Gasteiger partial charge is 0.342 e. The molecular weight excluding hydrogens is 264 g/mol. The van der Waals surface area contributed by atoms with Crippen molar-refractivity contribution in [3.8, 4) is 0 Å². The quantitative estimate of drug-likeness (QED) is 0.655. The lowest BCUT2D eigenvalue weighted by molar-refractivity contribution is 0.0956. The van der Waals surface area contributed by atoms with Crippen LogP contribution < -0.4 is 5.32 Å². The number of benzene rings is 1. The standard InChI is InChI=1S/C9H9B3NO3P2/c1-6-2-4-7(5-3-6)8(14)13-9-17(10,15)12-18(9,11)16/h2-5,9H,1H3,(H,13,14). The summed E-state index contributed by atoms with van der Waals surface area (Å²) in [4.78, 5) is 11.9. The zero-order valence-electron chi connectivity index (χ0n) is 9.74. The maximum absolute atomic E-state index is 11.9. The number of nitrogens with one attached hydrogen (secondary N) is 1. The van der Waals surface area contributed by atoms with Crippen molar-refractivity contribution in [1.29, 1.82) is 0 Å². The number of rotatable bonds is 2. The highest BCUT2D eigenvalue weighted by Crippen LogP contribution is 2.76. The van der Waals surface area contributed by atoms with Crippen molar-refractivity contribution in [1.82, 2.24) is 5.32 Å². The van der Waals surface area contributed by atoms with Crippen LogP contribution in [-0.4, -0.2) is 33.3 Å². The van der Waals surface area contributed by atoms with E-state index in [0.717, 1.165) is 12.3 Å². The van der Waals surface area contributed by atoms with Crippen LogP contribution in [0.1, 0.15) is 15.9 Å². The van der Waals surface area contributed by atoms with E-state index in [0.29, 0.717) is 5.56 Å². The Kier molecular flexibility index (Phi) is 3.42. The Morgan fingerprint density at radius 2 is 1.72 bits per heavy atom. The van der Waals surface area contributed by atoms with Gasteiger partial charge in [-0.2, -0.15) is 0 Å². The van der Waals surface area contributed by atoms with E-state index in [9.17, 15) is 13.9 Å². The Balaban J connectivity index is 2.15. The van der Waals surface area contributed by atoms with Gasteiger partial charge >= 0.3 is 0 Å². The van der Waals surface area contributed by atoms with E-state index in [-0.39, 0.29) is 0 Å². The molecule has 18 heavy (non-hydrogen) atoms. The van der Waals surface area contributed by atoms with E-state index in [1.54, 1.807) is 24.3 Å². The molecule has 87 valence electrons. The third kappa shape index (κ3) is 2.53. The molecule has 0 bridgehead atoms. The van der Waals surface area contributed by atoms with Gasteiger partial charge in [-0.15, -0.1) is 0 Å². The van der Waals surface area contributed by atoms with Crippen molar-refractivity contribution < 1.29 is 13.9 Å². The number of hydrogen-bond acceptors (Lipinski definition) is 3. The molecule has 1 aliphatic heterocycles. The van der Waals surface area contributed by atoms with Crippen molar-refractivity contribution in [2.24, 2.45) is 0 Å². The molecule has 2 atom stereocenters. The van der Waals surface area contributed by atoms with Crippen LogP contribution in [0.4, 0.5) is 0 Å². The van der Waals surface area contributed by atoms with Crippen LogP contribution in [0.3, 0.4) is 0 Å². The average molecular weight is 274 g/mol. The third-order valence-corrected chi connectivity index (χ3v) is 9.54. The molecule has 4 nitrogen and oxygen atoms in total. The fourth-order valence-electron chi connectivity index (χ4n) is 1.73. The lowest BCUT2D eigenvalue weighted by Gasteiger charge is -2.41. The summed E-state index contributed by atoms with van der Waals surface area (Å²) in [6.07, 6.45) is 0. The maximum atomic E-state index is 11.9. The van der Waals surface area contributed by atoms with Gasteiger partial charge in [0.25, 0.3) is 12.6 Å². The molecule has 2 unspecified atom stereocenters. The van der Waals surface area contributed by atoms with Gasteiger partial charge in [0.2, 0.25) is 0 Å². The summed E-state index contributed by atoms with van der Waals surface area (Å²) in [6.45, 7) is -3.59. The molecule has 0 saturated carbocycles. The Labute approximate surface area is 109 Å². The summed E-state index contributed by atoms with van der Waals surface area (Å²) in [5, 5.41) is 2.39. The van der Waals surface area contributed by atoms with Crippen LogP contribution in [0.5, 0.6) is 0 Å². The Bertz CT molecular complexity index is 567. The molecule has 0 aliphatic carbocycles. The fourth-order valence-corrected chi connectivity index (χ4v) is 7.33. The highest BCUT2D eigenvalue weighted by molar-refractivity contribution is 8.46. The first-order chi connectivity index (χ1) is 8.22. The zero-order chi connectivity index (χ0) is 13.6. The smallest absolute Gasteiger partial charge is 0.261 e. The Morgan fingerprint density at radius 3 is 2.17 bits per heavy atom. The summed E-state index contributed by atoms with van der Waals surface area (Å²) in [6, 6.07) is 6.78. The number of amides is 1. The molecular formula is C9H9B3NO3P2. The molecule has 1 saturated heterocycles. The molecule has 1 aliphatic rings. The van der Waals surface area contributed by atoms with Crippen molar-refractivity contribution in [3.63, 3.8) is 0 Å². The molecule has 0 aromatic heterocycles. The van der Waals surface area contributed by atoms with E-state index in [2.05, 4.69) is 5.32 Å². The van der Waals surface area contributed by atoms with Crippen LogP contribution in [0, 0.1) is 6.92 Å². The van der Waals surface area contributed by atoms with Crippen LogP contribution >= 0.6 is 13.8 Å². The van der Waals surface area contributed by atoms with Crippen molar-refractivity contribution in [2.75, 3.05) is 0 Å². The predicted octanol–water partition coefficient (Wildman–Crippen LogP) is 1.45. The van der Waals surface area contributed by atoms with Gasteiger partial charge < -0.3 is 14.4 Å². The van der Waals surface area contributed by atoms with Crippen molar-refractivity contribution >= 4 is 41.6 Å². The summed E-state index contributed by atoms with van der Waals surface area (Å²) >= 11 is 0.